The molecule has 0 atom stereocenters. The number of pyridine rings is 1. The average Bonchev–Trinajstić information content (AvgIpc) is 2.17. The number of para-hydroxylation sites is 1. The van der Waals surface area contributed by atoms with E-state index < -0.39 is 11.8 Å². The van der Waals surface area contributed by atoms with Crippen LogP contribution in [0.1, 0.15) is 10.4 Å². The number of fused-ring (bicyclic) bond motifs is 1. The molecule has 1 heterocycles. The van der Waals surface area contributed by atoms with Gasteiger partial charge in [-0.25, -0.2) is 9.18 Å². The van der Waals surface area contributed by atoms with Gasteiger partial charge in [0.25, 0.3) is 0 Å². The molecule has 2 rings (SSSR count). The summed E-state index contributed by atoms with van der Waals surface area (Å²) in [5, 5.41) is 9.17. The van der Waals surface area contributed by atoms with Crippen molar-refractivity contribution in [2.24, 2.45) is 0 Å². The van der Waals surface area contributed by atoms with Crippen molar-refractivity contribution < 1.29 is 14.3 Å². The molecule has 0 saturated carbocycles. The van der Waals surface area contributed by atoms with Crippen molar-refractivity contribution in [3.8, 4) is 0 Å². The Kier molecular flexibility index (Phi) is 3.21. The van der Waals surface area contributed by atoms with Gasteiger partial charge in [-0.3, -0.25) is 4.98 Å². The van der Waals surface area contributed by atoms with E-state index in [0.29, 0.717) is 5.39 Å². The Morgan fingerprint density at radius 2 is 2.13 bits per heavy atom. The molecule has 0 amide bonds. The number of rotatable bonds is 1. The molecule has 1 aromatic heterocycles. The van der Waals surface area contributed by atoms with Crippen LogP contribution in [0.3, 0.4) is 0 Å². The summed E-state index contributed by atoms with van der Waals surface area (Å²) >= 11 is 0. The topological polar surface area (TPSA) is 50.2 Å². The highest BCUT2D eigenvalue weighted by atomic mass is 35.5. The maximum atomic E-state index is 13.1. The van der Waals surface area contributed by atoms with Crippen LogP contribution in [0, 0.1) is 5.82 Å². The smallest absolute Gasteiger partial charge is 0.337 e. The van der Waals surface area contributed by atoms with E-state index in [-0.39, 0.29) is 23.5 Å². The number of benzene rings is 1. The second kappa shape index (κ2) is 4.23. The van der Waals surface area contributed by atoms with Crippen LogP contribution in [-0.4, -0.2) is 16.1 Å². The Hall–Kier alpha value is -1.68. The molecule has 0 radical (unpaired) electrons. The van der Waals surface area contributed by atoms with E-state index in [2.05, 4.69) is 4.98 Å². The molecule has 1 aromatic carbocycles. The summed E-state index contributed by atoms with van der Waals surface area (Å²) in [4.78, 5) is 14.3. The molecule has 78 valence electrons. The molecule has 0 spiro atoms. The quantitative estimate of drug-likeness (QED) is 0.814. The first kappa shape index (κ1) is 11.4. The van der Waals surface area contributed by atoms with E-state index in [9.17, 15) is 9.18 Å². The van der Waals surface area contributed by atoms with E-state index in [1.54, 1.807) is 6.07 Å². The van der Waals surface area contributed by atoms with Gasteiger partial charge in [0, 0.05) is 11.6 Å². The molecule has 3 nitrogen and oxygen atoms in total. The molecule has 0 saturated heterocycles. The number of nitrogens with zero attached hydrogens (tertiary/aromatic N) is 1. The zero-order valence-corrected chi connectivity index (χ0v) is 8.29. The highest BCUT2D eigenvalue weighted by molar-refractivity contribution is 5.92. The minimum atomic E-state index is -1.07. The van der Waals surface area contributed by atoms with Crippen molar-refractivity contribution in [1.82, 2.24) is 4.98 Å². The van der Waals surface area contributed by atoms with Gasteiger partial charge in [-0.05, 0) is 12.1 Å². The summed E-state index contributed by atoms with van der Waals surface area (Å²) in [5.74, 6) is -1.51. The maximum absolute atomic E-state index is 13.1. The Labute approximate surface area is 91.0 Å². The fraction of sp³-hybridized carbons (Fsp3) is 0. The Bertz CT molecular complexity index is 516. The Morgan fingerprint density at radius 1 is 1.40 bits per heavy atom. The molecule has 0 aliphatic heterocycles. The zero-order chi connectivity index (χ0) is 10.1. The molecule has 2 aromatic rings. The molecule has 0 fully saturated rings. The first-order valence-corrected chi connectivity index (χ1v) is 3.96. The number of hydrogen-bond donors (Lipinski definition) is 1. The summed E-state index contributed by atoms with van der Waals surface area (Å²) in [6.07, 6.45) is 1.15. The van der Waals surface area contributed by atoms with Gasteiger partial charge >= 0.3 is 5.97 Å². The lowest BCUT2D eigenvalue weighted by molar-refractivity contribution is 0.0696. The molecule has 0 aliphatic carbocycles. The number of carbonyl (C=O) groups is 1. The highest BCUT2D eigenvalue weighted by Gasteiger charge is 2.06. The van der Waals surface area contributed by atoms with Gasteiger partial charge in [-0.1, -0.05) is 12.1 Å². The van der Waals surface area contributed by atoms with E-state index in [1.165, 1.54) is 18.2 Å². The predicted molar refractivity (Wildman–Crippen MR) is 55.9 cm³/mol. The van der Waals surface area contributed by atoms with Crippen molar-refractivity contribution in [2.45, 2.75) is 0 Å². The van der Waals surface area contributed by atoms with Crippen molar-refractivity contribution in [2.75, 3.05) is 0 Å². The average molecular weight is 228 g/mol. The molecule has 0 unspecified atom stereocenters. The number of carboxylic acid groups (broad SMARTS) is 1. The summed E-state index contributed by atoms with van der Waals surface area (Å²) in [6.45, 7) is 0. The van der Waals surface area contributed by atoms with Crippen LogP contribution in [0.15, 0.2) is 30.5 Å². The van der Waals surface area contributed by atoms with Crippen LogP contribution < -0.4 is 0 Å². The lowest BCUT2D eigenvalue weighted by Crippen LogP contribution is -1.97. The second-order valence-corrected chi connectivity index (χ2v) is 2.84. The Morgan fingerprint density at radius 3 is 2.80 bits per heavy atom. The molecule has 1 N–H and O–H groups in total. The van der Waals surface area contributed by atoms with E-state index in [4.69, 9.17) is 5.11 Å². The van der Waals surface area contributed by atoms with Gasteiger partial charge in [0.1, 0.15) is 11.3 Å². The summed E-state index contributed by atoms with van der Waals surface area (Å²) in [7, 11) is 0. The van der Waals surface area contributed by atoms with E-state index in [0.717, 1.165) is 6.20 Å². The normalized spacial score (nSPS) is 9.67. The van der Waals surface area contributed by atoms with Crippen molar-refractivity contribution in [3.05, 3.63) is 41.8 Å². The summed E-state index contributed by atoms with van der Waals surface area (Å²) in [6, 6.07) is 5.83. The SMILES string of the molecule is Cl.O=C(O)c1cnc2c(F)cccc2c1. The fourth-order valence-electron chi connectivity index (χ4n) is 1.24. The molecule has 0 aliphatic rings. The number of carboxylic acids is 1. The van der Waals surface area contributed by atoms with Crippen molar-refractivity contribution >= 4 is 29.3 Å². The predicted octanol–water partition coefficient (Wildman–Crippen LogP) is 2.49. The van der Waals surface area contributed by atoms with Gasteiger partial charge in [0.15, 0.2) is 0 Å². The third kappa shape index (κ3) is 2.05. The van der Waals surface area contributed by atoms with E-state index >= 15 is 0 Å². The molecular weight excluding hydrogens is 221 g/mol. The summed E-state index contributed by atoms with van der Waals surface area (Å²) < 4.78 is 13.1. The van der Waals surface area contributed by atoms with Crippen LogP contribution in [0.2, 0.25) is 0 Å². The van der Waals surface area contributed by atoms with Crippen LogP contribution in [-0.2, 0) is 0 Å². The monoisotopic (exact) mass is 227 g/mol. The number of aromatic nitrogens is 1. The lowest BCUT2D eigenvalue weighted by atomic mass is 10.1. The largest absolute Gasteiger partial charge is 0.478 e. The first-order valence-electron chi connectivity index (χ1n) is 3.96. The third-order valence-corrected chi connectivity index (χ3v) is 1.91. The number of hydrogen-bond acceptors (Lipinski definition) is 2. The zero-order valence-electron chi connectivity index (χ0n) is 7.48. The molecule has 0 bridgehead atoms. The van der Waals surface area contributed by atoms with Gasteiger partial charge < -0.3 is 5.11 Å². The molecule has 15 heavy (non-hydrogen) atoms. The standard InChI is InChI=1S/C10H6FNO2.ClH/c11-8-3-1-2-6-4-7(10(13)14)5-12-9(6)8;/h1-5H,(H,13,14);1H. The van der Waals surface area contributed by atoms with Crippen molar-refractivity contribution in [3.63, 3.8) is 0 Å². The van der Waals surface area contributed by atoms with Gasteiger partial charge in [-0.2, -0.15) is 0 Å². The molecular formula is C10H7ClFNO2. The van der Waals surface area contributed by atoms with E-state index in [1.807, 2.05) is 0 Å². The summed E-state index contributed by atoms with van der Waals surface area (Å²) in [5.41, 5.74) is 0.251. The van der Waals surface area contributed by atoms with Gasteiger partial charge in [0.05, 0.1) is 5.56 Å². The van der Waals surface area contributed by atoms with Crippen molar-refractivity contribution in [1.29, 1.82) is 0 Å². The second-order valence-electron chi connectivity index (χ2n) is 2.84. The number of halogens is 2. The molecule has 5 heteroatoms. The maximum Gasteiger partial charge on any atom is 0.337 e. The highest BCUT2D eigenvalue weighted by Crippen LogP contribution is 2.16. The van der Waals surface area contributed by atoms with Gasteiger partial charge in [0.2, 0.25) is 0 Å². The van der Waals surface area contributed by atoms with Crippen LogP contribution in [0.4, 0.5) is 4.39 Å². The number of aromatic carboxylic acids is 1. The van der Waals surface area contributed by atoms with Crippen LogP contribution in [0.25, 0.3) is 10.9 Å². The lowest BCUT2D eigenvalue weighted by Gasteiger charge is -1.99. The first-order chi connectivity index (χ1) is 6.68. The minimum absolute atomic E-state index is 0. The van der Waals surface area contributed by atoms with Crippen LogP contribution in [0.5, 0.6) is 0 Å². The fourth-order valence-corrected chi connectivity index (χ4v) is 1.24. The van der Waals surface area contributed by atoms with Gasteiger partial charge in [-0.15, -0.1) is 12.4 Å². The Balaban J connectivity index is 0.00000112. The minimum Gasteiger partial charge on any atom is -0.478 e. The third-order valence-electron chi connectivity index (χ3n) is 1.91. The van der Waals surface area contributed by atoms with Crippen LogP contribution >= 0.6 is 12.4 Å².